The zero-order valence-electron chi connectivity index (χ0n) is 21.9. The van der Waals surface area contributed by atoms with E-state index in [9.17, 15) is 19.7 Å². The Morgan fingerprint density at radius 2 is 1.68 bits per heavy atom. The zero-order chi connectivity index (χ0) is 27.4. The summed E-state index contributed by atoms with van der Waals surface area (Å²) in [6, 6.07) is 18.9. The number of Topliss-reactive ketones (excluding diaryl/α,β-unsaturated/α-hetero) is 1. The van der Waals surface area contributed by atoms with E-state index in [0.29, 0.717) is 45.8 Å². The second-order valence-corrected chi connectivity index (χ2v) is 11.4. The Hall–Kier alpha value is -3.70. The summed E-state index contributed by atoms with van der Waals surface area (Å²) in [5.74, 6) is -1.18. The largest absolute Gasteiger partial charge is 0.507 e. The van der Waals surface area contributed by atoms with E-state index in [1.54, 1.807) is 35.2 Å². The number of hydrogen-bond donors (Lipinski definition) is 2. The van der Waals surface area contributed by atoms with Crippen LogP contribution in [-0.2, 0) is 4.79 Å². The van der Waals surface area contributed by atoms with Gasteiger partial charge < -0.3 is 5.11 Å². The van der Waals surface area contributed by atoms with Gasteiger partial charge in [-0.2, -0.15) is 0 Å². The number of carbonyl (C=O) groups excluding carboxylic acids is 1. The molecule has 0 radical (unpaired) electrons. The Morgan fingerprint density at radius 3 is 2.34 bits per heavy atom. The third-order valence-electron chi connectivity index (χ3n) is 7.49. The number of rotatable bonds is 3. The van der Waals surface area contributed by atoms with Gasteiger partial charge in [0.15, 0.2) is 5.78 Å². The van der Waals surface area contributed by atoms with Crippen molar-refractivity contribution in [2.45, 2.75) is 46.5 Å². The van der Waals surface area contributed by atoms with Crippen molar-refractivity contribution in [1.82, 2.24) is 0 Å². The van der Waals surface area contributed by atoms with E-state index in [1.165, 1.54) is 12.1 Å². The maximum absolute atomic E-state index is 14.0. The fourth-order valence-electron chi connectivity index (χ4n) is 5.57. The molecule has 0 bridgehead atoms. The van der Waals surface area contributed by atoms with E-state index in [2.05, 4.69) is 0 Å². The van der Waals surface area contributed by atoms with Crippen LogP contribution in [-0.4, -0.2) is 16.7 Å². The van der Waals surface area contributed by atoms with Crippen LogP contribution >= 0.6 is 11.6 Å². The molecule has 1 heterocycles. The van der Waals surface area contributed by atoms with E-state index in [1.807, 2.05) is 52.0 Å². The lowest BCUT2D eigenvalue weighted by Gasteiger charge is -2.45. The molecule has 194 valence electrons. The molecule has 4 nitrogen and oxygen atoms in total. The molecule has 0 amide bonds. The molecule has 0 fully saturated rings. The number of aliphatic hydroxyl groups is 1. The SMILES string of the molecule is Cc1ccc(/C(O)=C2\C(=N)N(c3cccc(Cl)c3C)C3=C(C(=O)CC(C)(C)C3)C2c2ccc(F)cc2)cc1. The topological polar surface area (TPSA) is 64.4 Å². The number of allylic oxidation sites excluding steroid dienone is 2. The van der Waals surface area contributed by atoms with Gasteiger partial charge in [0, 0.05) is 39.8 Å². The van der Waals surface area contributed by atoms with E-state index < -0.39 is 11.7 Å². The number of aryl methyl sites for hydroxylation is 1. The molecule has 38 heavy (non-hydrogen) atoms. The molecule has 1 aliphatic carbocycles. The van der Waals surface area contributed by atoms with E-state index in [4.69, 9.17) is 11.6 Å². The number of nitrogens with zero attached hydrogens (tertiary/aromatic N) is 1. The first kappa shape index (κ1) is 25.9. The van der Waals surface area contributed by atoms with Crippen LogP contribution < -0.4 is 4.90 Å². The van der Waals surface area contributed by atoms with Gasteiger partial charge in [0.25, 0.3) is 0 Å². The maximum atomic E-state index is 14.0. The Morgan fingerprint density at radius 1 is 1.03 bits per heavy atom. The van der Waals surface area contributed by atoms with Crippen molar-refractivity contribution < 1.29 is 14.3 Å². The highest BCUT2D eigenvalue weighted by atomic mass is 35.5. The molecule has 0 aromatic heterocycles. The number of halogens is 2. The first-order valence-electron chi connectivity index (χ1n) is 12.6. The summed E-state index contributed by atoms with van der Waals surface area (Å²) in [5, 5.41) is 21.8. The van der Waals surface area contributed by atoms with Gasteiger partial charge in [-0.3, -0.25) is 15.1 Å². The Balaban J connectivity index is 1.87. The number of benzene rings is 3. The molecule has 2 aliphatic rings. The van der Waals surface area contributed by atoms with E-state index in [0.717, 1.165) is 16.8 Å². The molecule has 5 rings (SSSR count). The quantitative estimate of drug-likeness (QED) is 0.336. The molecule has 1 unspecified atom stereocenters. The van der Waals surface area contributed by atoms with Crippen LogP contribution in [0.4, 0.5) is 10.1 Å². The standard InChI is InChI=1S/C32H30ClFN2O2/c1-18-8-10-21(11-9-18)30(38)29-27(20-12-14-22(34)15-13-20)28-25(16-32(3,4)17-26(28)37)36(31(29)35)24-7-5-6-23(33)19(24)2/h5-15,27,35,38H,16-17H2,1-4H3/b30-29+,35-31?. The lowest BCUT2D eigenvalue weighted by molar-refractivity contribution is -0.118. The van der Waals surface area contributed by atoms with Crippen molar-refractivity contribution in [3.05, 3.63) is 117 Å². The molecule has 0 spiro atoms. The second-order valence-electron chi connectivity index (χ2n) is 11.0. The van der Waals surface area contributed by atoms with Crippen LogP contribution in [0, 0.1) is 30.5 Å². The van der Waals surface area contributed by atoms with Crippen molar-refractivity contribution in [1.29, 1.82) is 5.41 Å². The molecular formula is C32H30ClFN2O2. The summed E-state index contributed by atoms with van der Waals surface area (Å²) in [5.41, 5.74) is 4.90. The molecule has 2 N–H and O–H groups in total. The van der Waals surface area contributed by atoms with Gasteiger partial charge in [-0.25, -0.2) is 4.39 Å². The van der Waals surface area contributed by atoms with Gasteiger partial charge in [-0.1, -0.05) is 73.5 Å². The van der Waals surface area contributed by atoms with Gasteiger partial charge >= 0.3 is 0 Å². The Bertz CT molecular complexity index is 1520. The highest BCUT2D eigenvalue weighted by Gasteiger charge is 2.47. The van der Waals surface area contributed by atoms with Crippen LogP contribution in [0.15, 0.2) is 83.6 Å². The van der Waals surface area contributed by atoms with Crippen molar-refractivity contribution >= 4 is 34.7 Å². The van der Waals surface area contributed by atoms with Crippen LogP contribution in [0.3, 0.4) is 0 Å². The smallest absolute Gasteiger partial charge is 0.162 e. The van der Waals surface area contributed by atoms with E-state index in [-0.39, 0.29) is 22.8 Å². The van der Waals surface area contributed by atoms with Gasteiger partial charge in [0.2, 0.25) is 0 Å². The first-order valence-corrected chi connectivity index (χ1v) is 13.0. The fraction of sp³-hybridized carbons (Fsp3) is 0.250. The summed E-state index contributed by atoms with van der Waals surface area (Å²) in [4.78, 5) is 15.7. The highest BCUT2D eigenvalue weighted by molar-refractivity contribution is 6.32. The van der Waals surface area contributed by atoms with Gasteiger partial charge in [0.05, 0.1) is 5.69 Å². The van der Waals surface area contributed by atoms with Crippen molar-refractivity contribution in [2.75, 3.05) is 4.90 Å². The lowest BCUT2D eigenvalue weighted by atomic mass is 9.67. The molecule has 0 saturated heterocycles. The monoisotopic (exact) mass is 528 g/mol. The molecule has 3 aromatic rings. The number of anilines is 1. The minimum atomic E-state index is -0.723. The number of aliphatic hydroxyl groups excluding tert-OH is 1. The summed E-state index contributed by atoms with van der Waals surface area (Å²) < 4.78 is 14.0. The number of nitrogens with one attached hydrogen (secondary N) is 1. The van der Waals surface area contributed by atoms with Gasteiger partial charge in [0.1, 0.15) is 17.4 Å². The average Bonchev–Trinajstić information content (AvgIpc) is 2.85. The molecular weight excluding hydrogens is 499 g/mol. The van der Waals surface area contributed by atoms with Gasteiger partial charge in [-0.15, -0.1) is 0 Å². The third-order valence-corrected chi connectivity index (χ3v) is 7.90. The summed E-state index contributed by atoms with van der Waals surface area (Å²) in [6.07, 6.45) is 0.885. The maximum Gasteiger partial charge on any atom is 0.162 e. The van der Waals surface area contributed by atoms with E-state index >= 15 is 0 Å². The number of amidine groups is 1. The Kier molecular flexibility index (Phi) is 6.52. The fourth-order valence-corrected chi connectivity index (χ4v) is 5.74. The minimum Gasteiger partial charge on any atom is -0.507 e. The normalized spacial score (nSPS) is 20.5. The van der Waals surface area contributed by atoms with Crippen LogP contribution in [0.2, 0.25) is 5.02 Å². The summed E-state index contributed by atoms with van der Waals surface area (Å²) >= 11 is 6.51. The summed E-state index contributed by atoms with van der Waals surface area (Å²) in [7, 11) is 0. The zero-order valence-corrected chi connectivity index (χ0v) is 22.7. The number of ketones is 1. The Labute approximate surface area is 227 Å². The summed E-state index contributed by atoms with van der Waals surface area (Å²) in [6.45, 7) is 7.93. The van der Waals surface area contributed by atoms with Crippen LogP contribution in [0.5, 0.6) is 0 Å². The van der Waals surface area contributed by atoms with Crippen LogP contribution in [0.1, 0.15) is 54.9 Å². The molecule has 1 aliphatic heterocycles. The van der Waals surface area contributed by atoms with Crippen molar-refractivity contribution in [2.24, 2.45) is 5.41 Å². The first-order chi connectivity index (χ1) is 18.0. The number of hydrogen-bond acceptors (Lipinski definition) is 3. The highest BCUT2D eigenvalue weighted by Crippen LogP contribution is 2.51. The number of carbonyl (C=O) groups is 1. The minimum absolute atomic E-state index is 0.0445. The third kappa shape index (κ3) is 4.45. The van der Waals surface area contributed by atoms with Crippen LogP contribution in [0.25, 0.3) is 5.76 Å². The molecule has 3 aromatic carbocycles. The lowest BCUT2D eigenvalue weighted by Crippen LogP contribution is -2.45. The van der Waals surface area contributed by atoms with Crippen molar-refractivity contribution in [3.63, 3.8) is 0 Å². The molecule has 0 saturated carbocycles. The van der Waals surface area contributed by atoms with Gasteiger partial charge in [-0.05, 0) is 61.1 Å². The predicted molar refractivity (Wildman–Crippen MR) is 151 cm³/mol. The average molecular weight is 529 g/mol. The molecule has 1 atom stereocenters. The molecule has 6 heteroatoms. The predicted octanol–water partition coefficient (Wildman–Crippen LogP) is 8.29. The second kappa shape index (κ2) is 9.55. The van der Waals surface area contributed by atoms with Crippen molar-refractivity contribution in [3.8, 4) is 0 Å².